The van der Waals surface area contributed by atoms with Crippen LogP contribution in [0.2, 0.25) is 5.15 Å². The Hall–Kier alpha value is -2.40. The number of halogens is 1. The first-order valence-corrected chi connectivity index (χ1v) is 7.30. The molecule has 5 nitrogen and oxygen atoms in total. The fraction of sp³-hybridized carbons (Fsp3) is 0.188. The summed E-state index contributed by atoms with van der Waals surface area (Å²) in [6, 6.07) is 9.53. The van der Waals surface area contributed by atoms with Crippen molar-refractivity contribution in [2.45, 2.75) is 20.4 Å². The van der Waals surface area contributed by atoms with Gasteiger partial charge in [0.1, 0.15) is 11.0 Å². The molecule has 0 aliphatic heterocycles. The van der Waals surface area contributed by atoms with Crippen molar-refractivity contribution in [3.05, 3.63) is 58.6 Å². The summed E-state index contributed by atoms with van der Waals surface area (Å²) in [6.07, 6.45) is 1.70. The summed E-state index contributed by atoms with van der Waals surface area (Å²) in [5, 5.41) is 4.94. The van der Waals surface area contributed by atoms with Gasteiger partial charge in [-0.1, -0.05) is 23.7 Å². The molecule has 112 valence electrons. The minimum Gasteiger partial charge on any atom is -0.399 e. The number of rotatable bonds is 3. The van der Waals surface area contributed by atoms with Gasteiger partial charge in [-0.05, 0) is 43.2 Å². The van der Waals surface area contributed by atoms with Crippen LogP contribution in [0, 0.1) is 13.8 Å². The molecule has 0 atom stereocenters. The summed E-state index contributed by atoms with van der Waals surface area (Å²) in [5.41, 5.74) is 9.82. The van der Waals surface area contributed by atoms with Crippen LogP contribution >= 0.6 is 11.6 Å². The van der Waals surface area contributed by atoms with E-state index >= 15 is 0 Å². The van der Waals surface area contributed by atoms with Crippen molar-refractivity contribution >= 4 is 17.3 Å². The molecule has 22 heavy (non-hydrogen) atoms. The highest BCUT2D eigenvalue weighted by atomic mass is 35.5. The van der Waals surface area contributed by atoms with Crippen LogP contribution in [0.1, 0.15) is 17.0 Å². The van der Waals surface area contributed by atoms with Gasteiger partial charge < -0.3 is 5.73 Å². The van der Waals surface area contributed by atoms with Crippen molar-refractivity contribution in [1.29, 1.82) is 0 Å². The van der Waals surface area contributed by atoms with E-state index < -0.39 is 0 Å². The first-order valence-electron chi connectivity index (χ1n) is 6.92. The van der Waals surface area contributed by atoms with Gasteiger partial charge in [0.15, 0.2) is 5.82 Å². The highest BCUT2D eigenvalue weighted by Crippen LogP contribution is 2.21. The third-order valence-electron chi connectivity index (χ3n) is 3.57. The summed E-state index contributed by atoms with van der Waals surface area (Å²) in [4.78, 5) is 8.61. The second kappa shape index (κ2) is 5.77. The topological polar surface area (TPSA) is 69.6 Å². The van der Waals surface area contributed by atoms with Gasteiger partial charge >= 0.3 is 0 Å². The highest BCUT2D eigenvalue weighted by Gasteiger charge is 2.12. The van der Waals surface area contributed by atoms with Crippen molar-refractivity contribution in [3.8, 4) is 11.4 Å². The van der Waals surface area contributed by atoms with Crippen molar-refractivity contribution < 1.29 is 0 Å². The number of nitrogens with zero attached hydrogens (tertiary/aromatic N) is 4. The minimum atomic E-state index is 0.457. The Balaban J connectivity index is 2.01. The molecule has 6 heteroatoms. The number of hydrogen-bond donors (Lipinski definition) is 1. The van der Waals surface area contributed by atoms with Gasteiger partial charge in [-0.15, -0.1) is 0 Å². The number of aromatic nitrogens is 4. The number of anilines is 1. The molecule has 0 spiro atoms. The van der Waals surface area contributed by atoms with Gasteiger partial charge in [-0.2, -0.15) is 5.10 Å². The Kier molecular flexibility index (Phi) is 3.81. The minimum absolute atomic E-state index is 0.457. The summed E-state index contributed by atoms with van der Waals surface area (Å²) >= 11 is 5.84. The third kappa shape index (κ3) is 2.80. The second-order valence-electron chi connectivity index (χ2n) is 5.14. The molecule has 0 bridgehead atoms. The maximum atomic E-state index is 5.98. The van der Waals surface area contributed by atoms with Crippen LogP contribution in [0.5, 0.6) is 0 Å². The Morgan fingerprint density at radius 2 is 2.00 bits per heavy atom. The molecule has 0 saturated carbocycles. The van der Waals surface area contributed by atoms with E-state index in [9.17, 15) is 0 Å². The third-order valence-corrected chi connectivity index (χ3v) is 3.79. The molecular weight excluding hydrogens is 298 g/mol. The monoisotopic (exact) mass is 313 g/mol. The Bertz CT molecular complexity index is 808. The maximum Gasteiger partial charge on any atom is 0.160 e. The molecule has 0 radical (unpaired) electrons. The Morgan fingerprint density at radius 1 is 1.18 bits per heavy atom. The lowest BCUT2D eigenvalue weighted by Crippen LogP contribution is -2.07. The standard InChI is InChI=1S/C16H16ClN5/c1-10-13(4-3-5-14(10)18)9-22-16(20-11(2)21-22)12-6-7-15(17)19-8-12/h3-8H,9,18H2,1-2H3. The van der Waals surface area contributed by atoms with Gasteiger partial charge in [-0.25, -0.2) is 14.6 Å². The fourth-order valence-corrected chi connectivity index (χ4v) is 2.44. The molecule has 2 aromatic heterocycles. The number of pyridine rings is 1. The molecule has 0 saturated heterocycles. The molecule has 3 aromatic rings. The van der Waals surface area contributed by atoms with Gasteiger partial charge in [0.25, 0.3) is 0 Å². The summed E-state index contributed by atoms with van der Waals surface area (Å²) in [7, 11) is 0. The first kappa shape index (κ1) is 14.5. The fourth-order valence-electron chi connectivity index (χ4n) is 2.32. The summed E-state index contributed by atoms with van der Waals surface area (Å²) in [5.74, 6) is 1.48. The summed E-state index contributed by atoms with van der Waals surface area (Å²) < 4.78 is 1.86. The maximum absolute atomic E-state index is 5.98. The van der Waals surface area contributed by atoms with Crippen LogP contribution < -0.4 is 5.73 Å². The van der Waals surface area contributed by atoms with Crippen LogP contribution in [-0.4, -0.2) is 19.7 Å². The second-order valence-corrected chi connectivity index (χ2v) is 5.53. The largest absolute Gasteiger partial charge is 0.399 e. The van der Waals surface area contributed by atoms with E-state index in [4.69, 9.17) is 17.3 Å². The van der Waals surface area contributed by atoms with Crippen LogP contribution in [0.15, 0.2) is 36.5 Å². The molecule has 0 unspecified atom stereocenters. The van der Waals surface area contributed by atoms with Crippen molar-refractivity contribution in [2.75, 3.05) is 5.73 Å². The van der Waals surface area contributed by atoms with Crippen molar-refractivity contribution in [3.63, 3.8) is 0 Å². The molecule has 0 amide bonds. The quantitative estimate of drug-likeness (QED) is 0.595. The normalized spacial score (nSPS) is 10.9. The van der Waals surface area contributed by atoms with Crippen LogP contribution in [0.25, 0.3) is 11.4 Å². The zero-order valence-corrected chi connectivity index (χ0v) is 13.2. The predicted octanol–water partition coefficient (Wildman–Crippen LogP) is 3.24. The van der Waals surface area contributed by atoms with Gasteiger partial charge in [-0.3, -0.25) is 0 Å². The van der Waals surface area contributed by atoms with Gasteiger partial charge in [0.05, 0.1) is 6.54 Å². The zero-order chi connectivity index (χ0) is 15.7. The molecule has 2 N–H and O–H groups in total. The van der Waals surface area contributed by atoms with E-state index in [-0.39, 0.29) is 0 Å². The van der Waals surface area contributed by atoms with E-state index in [1.165, 1.54) is 0 Å². The van der Waals surface area contributed by atoms with Gasteiger partial charge in [0, 0.05) is 17.4 Å². The van der Waals surface area contributed by atoms with E-state index in [1.54, 1.807) is 12.3 Å². The SMILES string of the molecule is Cc1nc(-c2ccc(Cl)nc2)n(Cc2cccc(N)c2C)n1. The van der Waals surface area contributed by atoms with Crippen LogP contribution in [0.4, 0.5) is 5.69 Å². The van der Waals surface area contributed by atoms with E-state index in [2.05, 4.69) is 15.1 Å². The number of aryl methyl sites for hydroxylation is 1. The molecule has 0 aliphatic carbocycles. The van der Waals surface area contributed by atoms with Crippen LogP contribution in [0.3, 0.4) is 0 Å². The first-order chi connectivity index (χ1) is 10.5. The molecule has 3 rings (SSSR count). The number of nitrogen functional groups attached to an aromatic ring is 1. The Morgan fingerprint density at radius 3 is 2.73 bits per heavy atom. The molecule has 0 fully saturated rings. The van der Waals surface area contributed by atoms with E-state index in [1.807, 2.05) is 42.8 Å². The zero-order valence-electron chi connectivity index (χ0n) is 12.4. The lowest BCUT2D eigenvalue weighted by atomic mass is 10.1. The van der Waals surface area contributed by atoms with Crippen LogP contribution in [-0.2, 0) is 6.54 Å². The molecule has 1 aromatic carbocycles. The van der Waals surface area contributed by atoms with Crippen molar-refractivity contribution in [2.24, 2.45) is 0 Å². The molecular formula is C16H16ClN5. The predicted molar refractivity (Wildman–Crippen MR) is 87.7 cm³/mol. The lowest BCUT2D eigenvalue weighted by Gasteiger charge is -2.10. The summed E-state index contributed by atoms with van der Waals surface area (Å²) in [6.45, 7) is 4.49. The lowest BCUT2D eigenvalue weighted by molar-refractivity contribution is 0.683. The number of nitrogens with two attached hydrogens (primary N) is 1. The number of hydrogen-bond acceptors (Lipinski definition) is 4. The van der Waals surface area contributed by atoms with E-state index in [0.717, 1.165) is 28.2 Å². The molecule has 0 aliphatic rings. The highest BCUT2D eigenvalue weighted by molar-refractivity contribution is 6.29. The average Bonchev–Trinajstić information content (AvgIpc) is 2.85. The Labute approximate surface area is 133 Å². The van der Waals surface area contributed by atoms with E-state index in [0.29, 0.717) is 17.5 Å². The van der Waals surface area contributed by atoms with Crippen molar-refractivity contribution in [1.82, 2.24) is 19.7 Å². The molecule has 2 heterocycles. The number of benzene rings is 1. The smallest absolute Gasteiger partial charge is 0.160 e. The van der Waals surface area contributed by atoms with Gasteiger partial charge in [0.2, 0.25) is 0 Å². The average molecular weight is 314 g/mol.